The van der Waals surface area contributed by atoms with E-state index in [0.29, 0.717) is 29.0 Å². The maximum Gasteiger partial charge on any atom is 0.253 e. The average molecular weight is 266 g/mol. The van der Waals surface area contributed by atoms with Crippen LogP contribution < -0.4 is 16.8 Å². The molecule has 0 aliphatic rings. The van der Waals surface area contributed by atoms with Gasteiger partial charge in [-0.1, -0.05) is 12.1 Å². The molecule has 0 fully saturated rings. The number of carbonyl (C=O) groups excluding carboxylic acids is 1. The van der Waals surface area contributed by atoms with Crippen LogP contribution in [0.15, 0.2) is 42.5 Å². The standard InChI is InChI=1S/C15H14N4O/c16-8-10-1-3-11(4-2-10)9-19-15(20)13-6-5-12(17)7-14(13)18/h1-7H,9,17-18H2,(H,19,20). The largest absolute Gasteiger partial charge is 0.399 e. The van der Waals surface area contributed by atoms with E-state index >= 15 is 0 Å². The van der Waals surface area contributed by atoms with Crippen LogP contribution in [0.25, 0.3) is 0 Å². The van der Waals surface area contributed by atoms with Crippen LogP contribution >= 0.6 is 0 Å². The molecule has 2 rings (SSSR count). The summed E-state index contributed by atoms with van der Waals surface area (Å²) in [7, 11) is 0. The highest BCUT2D eigenvalue weighted by Gasteiger charge is 2.09. The number of nitrogen functional groups attached to an aromatic ring is 2. The molecule has 0 saturated carbocycles. The number of nitriles is 1. The van der Waals surface area contributed by atoms with Gasteiger partial charge in [-0.15, -0.1) is 0 Å². The lowest BCUT2D eigenvalue weighted by atomic mass is 10.1. The second-order valence-electron chi connectivity index (χ2n) is 4.34. The van der Waals surface area contributed by atoms with Crippen LogP contribution in [0.4, 0.5) is 11.4 Å². The third-order valence-corrected chi connectivity index (χ3v) is 2.86. The predicted octanol–water partition coefficient (Wildman–Crippen LogP) is 1.65. The number of nitrogens with zero attached hydrogens (tertiary/aromatic N) is 1. The van der Waals surface area contributed by atoms with Crippen LogP contribution in [-0.4, -0.2) is 5.91 Å². The molecule has 0 aromatic heterocycles. The van der Waals surface area contributed by atoms with Crippen molar-refractivity contribution in [3.05, 3.63) is 59.2 Å². The van der Waals surface area contributed by atoms with Gasteiger partial charge < -0.3 is 16.8 Å². The summed E-state index contributed by atoms with van der Waals surface area (Å²) in [5.41, 5.74) is 14.1. The van der Waals surface area contributed by atoms with Crippen molar-refractivity contribution in [2.45, 2.75) is 6.54 Å². The van der Waals surface area contributed by atoms with E-state index in [9.17, 15) is 4.79 Å². The molecule has 100 valence electrons. The zero-order valence-electron chi connectivity index (χ0n) is 10.8. The third-order valence-electron chi connectivity index (χ3n) is 2.86. The number of rotatable bonds is 3. The summed E-state index contributed by atoms with van der Waals surface area (Å²) in [6.07, 6.45) is 0. The first kappa shape index (κ1) is 13.4. The molecule has 0 spiro atoms. The van der Waals surface area contributed by atoms with Gasteiger partial charge in [-0.3, -0.25) is 4.79 Å². The number of carbonyl (C=O) groups is 1. The summed E-state index contributed by atoms with van der Waals surface area (Å²) in [4.78, 5) is 12.0. The SMILES string of the molecule is N#Cc1ccc(CNC(=O)c2ccc(N)cc2N)cc1. The molecule has 20 heavy (non-hydrogen) atoms. The molecule has 0 aliphatic heterocycles. The Hall–Kier alpha value is -3.00. The Bertz CT molecular complexity index is 671. The minimum absolute atomic E-state index is 0.258. The Kier molecular flexibility index (Phi) is 3.87. The van der Waals surface area contributed by atoms with Crippen LogP contribution in [0.5, 0.6) is 0 Å². The highest BCUT2D eigenvalue weighted by Crippen LogP contribution is 2.15. The molecule has 5 heteroatoms. The number of nitrogens with one attached hydrogen (secondary N) is 1. The van der Waals surface area contributed by atoms with Gasteiger partial charge in [0.1, 0.15) is 0 Å². The number of nitrogens with two attached hydrogens (primary N) is 2. The fourth-order valence-electron chi connectivity index (χ4n) is 1.76. The molecule has 0 bridgehead atoms. The van der Waals surface area contributed by atoms with Gasteiger partial charge in [0.05, 0.1) is 17.2 Å². The van der Waals surface area contributed by atoms with Crippen molar-refractivity contribution in [3.63, 3.8) is 0 Å². The predicted molar refractivity (Wildman–Crippen MR) is 77.6 cm³/mol. The normalized spacial score (nSPS) is 9.75. The lowest BCUT2D eigenvalue weighted by molar-refractivity contribution is 0.0952. The quantitative estimate of drug-likeness (QED) is 0.734. The first-order chi connectivity index (χ1) is 9.60. The number of benzene rings is 2. The topological polar surface area (TPSA) is 105 Å². The molecule has 0 aliphatic carbocycles. The summed E-state index contributed by atoms with van der Waals surface area (Å²) in [5.74, 6) is -0.258. The zero-order valence-corrected chi connectivity index (χ0v) is 10.8. The Morgan fingerprint density at radius 1 is 1.15 bits per heavy atom. The number of amides is 1. The van der Waals surface area contributed by atoms with Gasteiger partial charge in [-0.25, -0.2) is 0 Å². The third kappa shape index (κ3) is 3.06. The molecule has 0 radical (unpaired) electrons. The van der Waals surface area contributed by atoms with Crippen molar-refractivity contribution in [3.8, 4) is 6.07 Å². The first-order valence-electron chi connectivity index (χ1n) is 6.02. The summed E-state index contributed by atoms with van der Waals surface area (Å²) in [5, 5.41) is 11.5. The summed E-state index contributed by atoms with van der Waals surface area (Å²) < 4.78 is 0. The van der Waals surface area contributed by atoms with Crippen molar-refractivity contribution >= 4 is 17.3 Å². The van der Waals surface area contributed by atoms with Gasteiger partial charge in [0.15, 0.2) is 0 Å². The maximum atomic E-state index is 12.0. The molecule has 0 atom stereocenters. The molecule has 0 saturated heterocycles. The van der Waals surface area contributed by atoms with Gasteiger partial charge in [-0.05, 0) is 35.9 Å². The van der Waals surface area contributed by atoms with Crippen molar-refractivity contribution in [1.82, 2.24) is 5.32 Å². The molecule has 1 amide bonds. The maximum absolute atomic E-state index is 12.0. The summed E-state index contributed by atoms with van der Waals surface area (Å²) >= 11 is 0. The fourth-order valence-corrected chi connectivity index (χ4v) is 1.76. The van der Waals surface area contributed by atoms with Gasteiger partial charge >= 0.3 is 0 Å². The summed E-state index contributed by atoms with van der Waals surface area (Å²) in [6.45, 7) is 0.369. The second kappa shape index (κ2) is 5.76. The van der Waals surface area contributed by atoms with Crippen LogP contribution in [0.1, 0.15) is 21.5 Å². The van der Waals surface area contributed by atoms with E-state index in [1.165, 1.54) is 0 Å². The van der Waals surface area contributed by atoms with E-state index in [2.05, 4.69) is 5.32 Å². The highest BCUT2D eigenvalue weighted by atomic mass is 16.1. The average Bonchev–Trinajstić information content (AvgIpc) is 2.45. The minimum Gasteiger partial charge on any atom is -0.399 e. The molecule has 5 N–H and O–H groups in total. The van der Waals surface area contributed by atoms with Gasteiger partial charge in [0.2, 0.25) is 0 Å². The van der Waals surface area contributed by atoms with Crippen LogP contribution in [0, 0.1) is 11.3 Å². The van der Waals surface area contributed by atoms with E-state index in [4.69, 9.17) is 16.7 Å². The molecule has 2 aromatic rings. The molecule has 0 heterocycles. The minimum atomic E-state index is -0.258. The van der Waals surface area contributed by atoms with Crippen molar-refractivity contribution in [2.24, 2.45) is 0 Å². The Morgan fingerprint density at radius 3 is 2.45 bits per heavy atom. The monoisotopic (exact) mass is 266 g/mol. The molecular formula is C15H14N4O. The Labute approximate surface area is 116 Å². The van der Waals surface area contributed by atoms with Crippen molar-refractivity contribution < 1.29 is 4.79 Å². The van der Waals surface area contributed by atoms with Crippen molar-refractivity contribution in [1.29, 1.82) is 5.26 Å². The number of hydrogen-bond donors (Lipinski definition) is 3. The van der Waals surface area contributed by atoms with Gasteiger partial charge in [-0.2, -0.15) is 5.26 Å². The molecule has 5 nitrogen and oxygen atoms in total. The zero-order chi connectivity index (χ0) is 14.5. The van der Waals surface area contributed by atoms with Crippen molar-refractivity contribution in [2.75, 3.05) is 11.5 Å². The number of anilines is 2. The molecule has 0 unspecified atom stereocenters. The van der Waals surface area contributed by atoms with E-state index in [0.717, 1.165) is 5.56 Å². The van der Waals surface area contributed by atoms with Crippen LogP contribution in [0.2, 0.25) is 0 Å². The first-order valence-corrected chi connectivity index (χ1v) is 6.02. The van der Waals surface area contributed by atoms with Gasteiger partial charge in [0, 0.05) is 17.9 Å². The second-order valence-corrected chi connectivity index (χ2v) is 4.34. The molecular weight excluding hydrogens is 252 g/mol. The fraction of sp³-hybridized carbons (Fsp3) is 0.0667. The Morgan fingerprint density at radius 2 is 1.85 bits per heavy atom. The van der Waals surface area contributed by atoms with E-state index < -0.39 is 0 Å². The number of hydrogen-bond acceptors (Lipinski definition) is 4. The lowest BCUT2D eigenvalue weighted by Crippen LogP contribution is -2.23. The molecule has 2 aromatic carbocycles. The van der Waals surface area contributed by atoms with E-state index in [1.807, 2.05) is 6.07 Å². The Balaban J connectivity index is 2.03. The summed E-state index contributed by atoms with van der Waals surface area (Å²) in [6, 6.07) is 13.8. The van der Waals surface area contributed by atoms with Crippen LogP contribution in [0.3, 0.4) is 0 Å². The van der Waals surface area contributed by atoms with E-state index in [1.54, 1.807) is 42.5 Å². The lowest BCUT2D eigenvalue weighted by Gasteiger charge is -2.08. The smallest absolute Gasteiger partial charge is 0.253 e. The van der Waals surface area contributed by atoms with Crippen LogP contribution in [-0.2, 0) is 6.54 Å². The van der Waals surface area contributed by atoms with Gasteiger partial charge in [0.25, 0.3) is 5.91 Å². The van der Waals surface area contributed by atoms with E-state index in [-0.39, 0.29) is 5.91 Å². The highest BCUT2D eigenvalue weighted by molar-refractivity contribution is 5.99.